The fourth-order valence-corrected chi connectivity index (χ4v) is 7.60. The molecule has 5 aromatic carbocycles. The van der Waals surface area contributed by atoms with E-state index in [1.54, 1.807) is 0 Å². The first-order chi connectivity index (χ1) is 25.3. The summed E-state index contributed by atoms with van der Waals surface area (Å²) >= 11 is 0. The molecule has 0 N–H and O–H groups in total. The SMILES string of the molecule is C[S+](C)c1cc(-c2ccccc2-c2ccc(-c3cc(C(C)(C)C)ccn3)cc2)cc(-c2ccccc2-c2ccc(-c3cc(C(C)(C)C)ccn3)cc2)c1. The highest BCUT2D eigenvalue weighted by Crippen LogP contribution is 2.40. The van der Waals surface area contributed by atoms with Crippen molar-refractivity contribution in [1.82, 2.24) is 9.97 Å². The van der Waals surface area contributed by atoms with Gasteiger partial charge in [0.25, 0.3) is 0 Å². The molecule has 0 atom stereocenters. The smallest absolute Gasteiger partial charge is 0.155 e. The Morgan fingerprint density at radius 1 is 0.377 bits per heavy atom. The van der Waals surface area contributed by atoms with Gasteiger partial charge in [-0.3, -0.25) is 9.97 Å². The Balaban J connectivity index is 1.25. The van der Waals surface area contributed by atoms with Crippen LogP contribution < -0.4 is 0 Å². The van der Waals surface area contributed by atoms with Crippen LogP contribution in [0.25, 0.3) is 67.0 Å². The number of benzene rings is 5. The van der Waals surface area contributed by atoms with Crippen molar-refractivity contribution in [2.45, 2.75) is 57.3 Å². The van der Waals surface area contributed by atoms with Crippen LogP contribution in [0.4, 0.5) is 0 Å². The average molecular weight is 710 g/mol. The van der Waals surface area contributed by atoms with Crippen molar-refractivity contribution in [3.05, 3.63) is 163 Å². The van der Waals surface area contributed by atoms with E-state index in [4.69, 9.17) is 9.97 Å². The highest BCUT2D eigenvalue weighted by molar-refractivity contribution is 7.95. The Kier molecular flexibility index (Phi) is 9.98. The van der Waals surface area contributed by atoms with E-state index in [-0.39, 0.29) is 21.7 Å². The van der Waals surface area contributed by atoms with Crippen LogP contribution in [0.2, 0.25) is 0 Å². The maximum absolute atomic E-state index is 4.71. The molecule has 0 saturated heterocycles. The molecular weight excluding hydrogens is 661 g/mol. The van der Waals surface area contributed by atoms with Crippen LogP contribution in [0.5, 0.6) is 0 Å². The van der Waals surface area contributed by atoms with Crippen LogP contribution in [0.15, 0.2) is 157 Å². The van der Waals surface area contributed by atoms with Gasteiger partial charge in [-0.15, -0.1) is 0 Å². The van der Waals surface area contributed by atoms with Crippen molar-refractivity contribution in [2.24, 2.45) is 0 Å². The van der Waals surface area contributed by atoms with Gasteiger partial charge in [0.1, 0.15) is 12.5 Å². The van der Waals surface area contributed by atoms with Crippen molar-refractivity contribution >= 4 is 10.9 Å². The Morgan fingerprint density at radius 2 is 0.717 bits per heavy atom. The molecule has 53 heavy (non-hydrogen) atoms. The second kappa shape index (κ2) is 14.6. The zero-order valence-corrected chi connectivity index (χ0v) is 33.1. The first-order valence-corrected chi connectivity index (χ1v) is 20.5. The third-order valence-electron chi connectivity index (χ3n) is 10.1. The molecule has 0 spiro atoms. The summed E-state index contributed by atoms with van der Waals surface area (Å²) < 4.78 is 0. The maximum atomic E-state index is 4.71. The predicted octanol–water partition coefficient (Wildman–Crippen LogP) is 13.3. The molecule has 0 radical (unpaired) electrons. The molecule has 0 saturated carbocycles. The fourth-order valence-electron chi connectivity index (χ4n) is 6.87. The number of pyridine rings is 2. The largest absolute Gasteiger partial charge is 0.256 e. The molecule has 0 amide bonds. The maximum Gasteiger partial charge on any atom is 0.155 e. The molecule has 7 aromatic rings. The number of rotatable bonds is 7. The van der Waals surface area contributed by atoms with Crippen molar-refractivity contribution < 1.29 is 0 Å². The summed E-state index contributed by atoms with van der Waals surface area (Å²) in [7, 11) is 0.0711. The zero-order chi connectivity index (χ0) is 37.3. The highest BCUT2D eigenvalue weighted by Gasteiger charge is 2.19. The van der Waals surface area contributed by atoms with Gasteiger partial charge < -0.3 is 0 Å². The molecule has 0 aliphatic rings. The van der Waals surface area contributed by atoms with Gasteiger partial charge in [0.15, 0.2) is 4.90 Å². The van der Waals surface area contributed by atoms with Crippen LogP contribution in [0, 0.1) is 0 Å². The molecular formula is C50H49N2S+. The fraction of sp³-hybridized carbons (Fsp3) is 0.200. The van der Waals surface area contributed by atoms with E-state index in [0.717, 1.165) is 22.5 Å². The van der Waals surface area contributed by atoms with E-state index in [1.165, 1.54) is 60.5 Å². The summed E-state index contributed by atoms with van der Waals surface area (Å²) in [4.78, 5) is 10.8. The number of nitrogens with zero attached hydrogens (tertiary/aromatic N) is 2. The standard InChI is InChI=1S/C50H49N2S/c1-49(2,3)40-25-27-51-47(32-40)36-21-17-34(18-22-36)43-13-9-11-15-45(43)38-29-39(31-42(30-38)53(7)8)46-16-12-10-14-44(46)35-19-23-37(24-20-35)48-33-41(26-28-52-48)50(4,5)6/h9-33H,1-8H3/q+1. The van der Waals surface area contributed by atoms with Crippen molar-refractivity contribution in [3.8, 4) is 67.0 Å². The van der Waals surface area contributed by atoms with Crippen molar-refractivity contribution in [3.63, 3.8) is 0 Å². The minimum absolute atomic E-state index is 0.0711. The van der Waals surface area contributed by atoms with E-state index in [2.05, 4.69) is 194 Å². The van der Waals surface area contributed by atoms with Crippen LogP contribution in [-0.4, -0.2) is 22.5 Å². The molecule has 2 nitrogen and oxygen atoms in total. The predicted molar refractivity (Wildman–Crippen MR) is 230 cm³/mol. The second-order valence-corrected chi connectivity index (χ2v) is 18.3. The summed E-state index contributed by atoms with van der Waals surface area (Å²) in [5.41, 5.74) is 16.7. The Bertz CT molecular complexity index is 2210. The van der Waals surface area contributed by atoms with E-state index in [9.17, 15) is 0 Å². The Labute approximate surface area is 319 Å². The summed E-state index contributed by atoms with van der Waals surface area (Å²) in [5.74, 6) is 0. The molecule has 7 rings (SSSR count). The first-order valence-electron chi connectivity index (χ1n) is 18.4. The molecule has 3 heteroatoms. The quantitative estimate of drug-likeness (QED) is 0.154. The zero-order valence-electron chi connectivity index (χ0n) is 32.2. The summed E-state index contributed by atoms with van der Waals surface area (Å²) in [6, 6.07) is 51.2. The van der Waals surface area contributed by atoms with Crippen molar-refractivity contribution in [2.75, 3.05) is 12.5 Å². The normalized spacial score (nSPS) is 11.9. The molecule has 0 fully saturated rings. The monoisotopic (exact) mass is 709 g/mol. The third-order valence-corrected chi connectivity index (χ3v) is 11.3. The van der Waals surface area contributed by atoms with Gasteiger partial charge in [-0.25, -0.2) is 0 Å². The van der Waals surface area contributed by atoms with Gasteiger partial charge in [0.2, 0.25) is 0 Å². The lowest BCUT2D eigenvalue weighted by atomic mass is 9.86. The Hall–Kier alpha value is -5.25. The first kappa shape index (κ1) is 36.1. The van der Waals surface area contributed by atoms with Crippen LogP contribution in [-0.2, 0) is 21.7 Å². The van der Waals surface area contributed by atoms with Crippen molar-refractivity contribution in [1.29, 1.82) is 0 Å². The molecule has 2 heterocycles. The van der Waals surface area contributed by atoms with Crippen LogP contribution >= 0.6 is 0 Å². The molecule has 2 aromatic heterocycles. The van der Waals surface area contributed by atoms with E-state index in [0.29, 0.717) is 0 Å². The van der Waals surface area contributed by atoms with Crippen LogP contribution in [0.1, 0.15) is 52.7 Å². The molecule has 264 valence electrons. The lowest BCUT2D eigenvalue weighted by molar-refractivity contribution is 0.589. The van der Waals surface area contributed by atoms with E-state index in [1.807, 2.05) is 12.4 Å². The number of hydrogen-bond acceptors (Lipinski definition) is 2. The van der Waals surface area contributed by atoms with Gasteiger partial charge in [-0.1, -0.05) is 139 Å². The number of aromatic nitrogens is 2. The summed E-state index contributed by atoms with van der Waals surface area (Å²) in [5, 5.41) is 0. The van der Waals surface area contributed by atoms with Crippen LogP contribution in [0.3, 0.4) is 0 Å². The lowest BCUT2D eigenvalue weighted by Gasteiger charge is -2.19. The second-order valence-electron chi connectivity index (χ2n) is 16.2. The Morgan fingerprint density at radius 3 is 1.06 bits per heavy atom. The lowest BCUT2D eigenvalue weighted by Crippen LogP contribution is -2.11. The summed E-state index contributed by atoms with van der Waals surface area (Å²) in [6.45, 7) is 13.5. The van der Waals surface area contributed by atoms with Gasteiger partial charge in [0, 0.05) is 46.5 Å². The molecule has 0 unspecified atom stereocenters. The minimum atomic E-state index is 0.0711. The topological polar surface area (TPSA) is 25.8 Å². The summed E-state index contributed by atoms with van der Waals surface area (Å²) in [6.07, 6.45) is 8.47. The van der Waals surface area contributed by atoms with E-state index < -0.39 is 0 Å². The van der Waals surface area contributed by atoms with Gasteiger partial charge in [0.05, 0.1) is 11.4 Å². The minimum Gasteiger partial charge on any atom is -0.256 e. The van der Waals surface area contributed by atoms with E-state index >= 15 is 0 Å². The number of hydrogen-bond donors (Lipinski definition) is 0. The van der Waals surface area contributed by atoms with Gasteiger partial charge >= 0.3 is 0 Å². The highest BCUT2D eigenvalue weighted by atomic mass is 32.2. The van der Waals surface area contributed by atoms with Gasteiger partial charge in [-0.2, -0.15) is 0 Å². The average Bonchev–Trinajstić information content (AvgIpc) is 3.17. The molecule has 0 aliphatic carbocycles. The molecule has 0 aliphatic heterocycles. The third kappa shape index (κ3) is 7.92. The molecule has 0 bridgehead atoms. The van der Waals surface area contributed by atoms with Gasteiger partial charge in [-0.05, 0) is 96.8 Å².